The van der Waals surface area contributed by atoms with Crippen molar-refractivity contribution in [3.8, 4) is 11.3 Å². The summed E-state index contributed by atoms with van der Waals surface area (Å²) in [5.74, 6) is -2.00. The number of nitrogens with zero attached hydrogens (tertiary/aromatic N) is 4. The number of H-pyrrole nitrogens is 1. The molecule has 0 bridgehead atoms. The molecule has 2 fully saturated rings. The standard InChI is InChI=1S/C27H21ClF2N6O2/c28-17-9-32-8-15-22(14-5-12(37)6-18(29)23(14)17)16(11-36-21(38)7-27(3-4-27)24(15)36)26-33-10-19(34-26)13-1-2-20(31)35-25(13)30/h1-2,5-6,9-10,16,24H,3-4,7-8,11H2,(H2,31,35)(H,33,34). The summed E-state index contributed by atoms with van der Waals surface area (Å²) in [5.41, 5.74) is 7.99. The van der Waals surface area contributed by atoms with E-state index in [1.165, 1.54) is 30.6 Å². The molecule has 7 rings (SSSR count). The zero-order chi connectivity index (χ0) is 26.3. The molecule has 2 atom stereocenters. The van der Waals surface area contributed by atoms with Crippen LogP contribution < -0.4 is 5.73 Å². The summed E-state index contributed by atoms with van der Waals surface area (Å²) < 4.78 is 29.8. The number of aromatic nitrogens is 3. The molecule has 5 aliphatic rings. The minimum atomic E-state index is -0.751. The van der Waals surface area contributed by atoms with Gasteiger partial charge in [-0.25, -0.2) is 14.4 Å². The maximum absolute atomic E-state index is 15.2. The number of anilines is 1. The highest BCUT2D eigenvalue weighted by molar-refractivity contribution is 6.40. The highest BCUT2D eigenvalue weighted by Gasteiger charge is 2.62. The van der Waals surface area contributed by atoms with E-state index >= 15 is 4.39 Å². The largest absolute Gasteiger partial charge is 0.384 e. The average molecular weight is 535 g/mol. The normalized spacial score (nSPS) is 25.6. The van der Waals surface area contributed by atoms with Crippen LogP contribution >= 0.6 is 11.6 Å². The molecule has 38 heavy (non-hydrogen) atoms. The highest BCUT2D eigenvalue weighted by Crippen LogP contribution is 2.62. The van der Waals surface area contributed by atoms with Crippen LogP contribution in [0.3, 0.4) is 0 Å². The van der Waals surface area contributed by atoms with Crippen molar-refractivity contribution in [3.63, 3.8) is 0 Å². The monoisotopic (exact) mass is 534 g/mol. The molecule has 3 N–H and O–H groups in total. The molecular weight excluding hydrogens is 514 g/mol. The number of hydrogen-bond acceptors (Lipinski definition) is 6. The Bertz CT molecular complexity index is 1610. The Morgan fingerprint density at radius 1 is 1.18 bits per heavy atom. The van der Waals surface area contributed by atoms with E-state index in [0.29, 0.717) is 29.1 Å². The average Bonchev–Trinajstić information content (AvgIpc) is 3.34. The second-order valence-corrected chi connectivity index (χ2v) is 10.8. The lowest BCUT2D eigenvalue weighted by atomic mass is 9.74. The van der Waals surface area contributed by atoms with Gasteiger partial charge in [-0.05, 0) is 47.8 Å². The van der Waals surface area contributed by atoms with Crippen LogP contribution in [0.4, 0.5) is 14.6 Å². The molecule has 5 heterocycles. The molecular formula is C27H21ClF2N6O2. The number of ketones is 1. The Balaban J connectivity index is 1.43. The van der Waals surface area contributed by atoms with Gasteiger partial charge in [0.2, 0.25) is 11.9 Å². The Hall–Kier alpha value is -3.92. The third-order valence-corrected chi connectivity index (χ3v) is 8.44. The van der Waals surface area contributed by atoms with Crippen molar-refractivity contribution < 1.29 is 18.4 Å². The number of carbonyl (C=O) groups excluding carboxylic acids is 2. The number of pyridine rings is 1. The van der Waals surface area contributed by atoms with Gasteiger partial charge in [0.05, 0.1) is 41.0 Å². The smallest absolute Gasteiger partial charge is 0.224 e. The van der Waals surface area contributed by atoms with Crippen molar-refractivity contribution in [3.05, 3.63) is 75.4 Å². The van der Waals surface area contributed by atoms with Crippen molar-refractivity contribution in [1.82, 2.24) is 19.9 Å². The van der Waals surface area contributed by atoms with Gasteiger partial charge < -0.3 is 15.6 Å². The zero-order valence-corrected chi connectivity index (χ0v) is 20.7. The number of nitrogen functional groups attached to an aromatic ring is 1. The van der Waals surface area contributed by atoms with Crippen LogP contribution in [0.1, 0.15) is 31.0 Å². The number of amides is 1. The topological polar surface area (TPSA) is 117 Å². The molecule has 0 radical (unpaired) electrons. The van der Waals surface area contributed by atoms with Crippen LogP contribution in [0.2, 0.25) is 0 Å². The Labute approximate surface area is 220 Å². The molecule has 8 nitrogen and oxygen atoms in total. The molecule has 0 aromatic carbocycles. The summed E-state index contributed by atoms with van der Waals surface area (Å²) in [5, 5.41) is 0.0871. The van der Waals surface area contributed by atoms with E-state index in [9.17, 15) is 14.0 Å². The van der Waals surface area contributed by atoms with Crippen molar-refractivity contribution in [1.29, 1.82) is 0 Å². The third-order valence-electron chi connectivity index (χ3n) is 8.16. The third kappa shape index (κ3) is 3.36. The summed E-state index contributed by atoms with van der Waals surface area (Å²) in [6, 6.07) is 2.79. The van der Waals surface area contributed by atoms with E-state index in [4.69, 9.17) is 17.3 Å². The molecule has 3 aliphatic heterocycles. The Kier molecular flexibility index (Phi) is 4.91. The van der Waals surface area contributed by atoms with Gasteiger partial charge in [-0.2, -0.15) is 4.39 Å². The first kappa shape index (κ1) is 23.2. The van der Waals surface area contributed by atoms with E-state index in [0.717, 1.165) is 24.5 Å². The molecule has 11 heteroatoms. The van der Waals surface area contributed by atoms with Gasteiger partial charge >= 0.3 is 0 Å². The fraction of sp³-hybridized carbons (Fsp3) is 0.296. The van der Waals surface area contributed by atoms with Gasteiger partial charge in [0.15, 0.2) is 5.78 Å². The van der Waals surface area contributed by atoms with Gasteiger partial charge in [-0.15, -0.1) is 0 Å². The fourth-order valence-electron chi connectivity index (χ4n) is 6.39. The SMILES string of the molecule is Nc1ccc(-c2cnc(C3CN4C(=O)CC5(CC5)C4C4=C3C3=CC(=O)C=C(F)C3=C(Cl)C=NC4)[nH]2)c(F)n1. The van der Waals surface area contributed by atoms with Crippen LogP contribution in [0.25, 0.3) is 11.3 Å². The summed E-state index contributed by atoms with van der Waals surface area (Å²) in [4.78, 5) is 43.6. The van der Waals surface area contributed by atoms with E-state index in [1.54, 1.807) is 0 Å². The van der Waals surface area contributed by atoms with Gasteiger partial charge in [0.25, 0.3) is 0 Å². The quantitative estimate of drug-likeness (QED) is 0.567. The number of nitrogens with one attached hydrogen (secondary N) is 1. The van der Waals surface area contributed by atoms with Gasteiger partial charge in [0.1, 0.15) is 17.5 Å². The second kappa shape index (κ2) is 8.04. The summed E-state index contributed by atoms with van der Waals surface area (Å²) in [6.07, 6.45) is 7.45. The number of fused-ring (bicyclic) bond motifs is 5. The number of nitrogens with two attached hydrogens (primary N) is 1. The first-order valence-corrected chi connectivity index (χ1v) is 12.7. The minimum absolute atomic E-state index is 0.0456. The molecule has 2 aromatic heterocycles. The maximum Gasteiger partial charge on any atom is 0.224 e. The number of aromatic amines is 1. The van der Waals surface area contributed by atoms with E-state index in [1.807, 2.05) is 4.90 Å². The first-order valence-electron chi connectivity index (χ1n) is 12.3. The lowest BCUT2D eigenvalue weighted by Gasteiger charge is -2.42. The number of allylic oxidation sites excluding steroid dienone is 6. The number of aliphatic imine (C=N–C) groups is 1. The summed E-state index contributed by atoms with van der Waals surface area (Å²) >= 11 is 6.48. The molecule has 1 saturated carbocycles. The van der Waals surface area contributed by atoms with E-state index in [-0.39, 0.29) is 52.4 Å². The second-order valence-electron chi connectivity index (χ2n) is 10.4. The lowest BCUT2D eigenvalue weighted by molar-refractivity contribution is -0.129. The molecule has 192 valence electrons. The number of carbonyl (C=O) groups is 2. The number of rotatable bonds is 2. The predicted octanol–water partition coefficient (Wildman–Crippen LogP) is 3.91. The van der Waals surface area contributed by atoms with Crippen LogP contribution in [-0.4, -0.2) is 56.9 Å². The Morgan fingerprint density at radius 3 is 2.76 bits per heavy atom. The molecule has 1 spiro atoms. The summed E-state index contributed by atoms with van der Waals surface area (Å²) in [7, 11) is 0. The zero-order valence-electron chi connectivity index (χ0n) is 20.0. The number of halogens is 3. The molecule has 2 unspecified atom stereocenters. The van der Waals surface area contributed by atoms with Gasteiger partial charge in [0, 0.05) is 36.2 Å². The first-order chi connectivity index (χ1) is 18.3. The van der Waals surface area contributed by atoms with Crippen molar-refractivity contribution in [2.24, 2.45) is 10.4 Å². The minimum Gasteiger partial charge on any atom is -0.384 e. The fourth-order valence-corrected chi connectivity index (χ4v) is 6.65. The number of imidazole rings is 1. The Morgan fingerprint density at radius 2 is 2.00 bits per heavy atom. The molecule has 1 amide bonds. The number of hydrogen-bond donors (Lipinski definition) is 2. The van der Waals surface area contributed by atoms with Gasteiger partial charge in [-0.1, -0.05) is 11.6 Å². The van der Waals surface area contributed by atoms with Crippen LogP contribution in [0, 0.1) is 11.4 Å². The molecule has 2 aromatic rings. The van der Waals surface area contributed by atoms with Crippen molar-refractivity contribution in [2.75, 3.05) is 18.8 Å². The highest BCUT2D eigenvalue weighted by atomic mass is 35.5. The van der Waals surface area contributed by atoms with Crippen molar-refractivity contribution >= 4 is 35.3 Å². The van der Waals surface area contributed by atoms with E-state index in [2.05, 4.69) is 19.9 Å². The van der Waals surface area contributed by atoms with Gasteiger partial charge in [-0.3, -0.25) is 14.6 Å². The molecule has 1 saturated heterocycles. The molecule has 2 aliphatic carbocycles. The van der Waals surface area contributed by atoms with Crippen LogP contribution in [-0.2, 0) is 9.59 Å². The lowest BCUT2D eigenvalue weighted by Crippen LogP contribution is -2.46. The maximum atomic E-state index is 15.2. The predicted molar refractivity (Wildman–Crippen MR) is 136 cm³/mol. The summed E-state index contributed by atoms with van der Waals surface area (Å²) in [6.45, 7) is 0.511. The van der Waals surface area contributed by atoms with Crippen LogP contribution in [0.5, 0.6) is 0 Å². The van der Waals surface area contributed by atoms with Crippen molar-refractivity contribution in [2.45, 2.75) is 31.2 Å². The van der Waals surface area contributed by atoms with E-state index < -0.39 is 23.5 Å². The van der Waals surface area contributed by atoms with Crippen LogP contribution in [0.15, 0.2) is 68.6 Å².